The lowest BCUT2D eigenvalue weighted by molar-refractivity contribution is -0.163. The van der Waals surface area contributed by atoms with Gasteiger partial charge in [-0.1, -0.05) is 6.92 Å². The summed E-state index contributed by atoms with van der Waals surface area (Å²) in [6.45, 7) is 3.47. The van der Waals surface area contributed by atoms with Crippen molar-refractivity contribution in [3.8, 4) is 0 Å². The van der Waals surface area contributed by atoms with Crippen LogP contribution in [0.3, 0.4) is 0 Å². The van der Waals surface area contributed by atoms with Gasteiger partial charge in [-0.05, 0) is 13.3 Å². The molecule has 1 unspecified atom stereocenters. The Kier molecular flexibility index (Phi) is 5.50. The van der Waals surface area contributed by atoms with E-state index < -0.39 is 17.9 Å². The average Bonchev–Trinajstić information content (AvgIpc) is 2.06. The van der Waals surface area contributed by atoms with Gasteiger partial charge in [-0.3, -0.25) is 14.4 Å². The van der Waals surface area contributed by atoms with Gasteiger partial charge in [0.15, 0.2) is 5.92 Å². The molecule has 0 aliphatic carbocycles. The predicted molar refractivity (Wildman–Crippen MR) is 42.6 cm³/mol. The molecule has 0 aliphatic rings. The van der Waals surface area contributed by atoms with Gasteiger partial charge in [0.2, 0.25) is 0 Å². The van der Waals surface area contributed by atoms with Crippen LogP contribution in [0.15, 0.2) is 0 Å². The molecule has 0 heterocycles. The van der Waals surface area contributed by atoms with Gasteiger partial charge < -0.3 is 9.47 Å². The van der Waals surface area contributed by atoms with Crippen LogP contribution in [0.4, 0.5) is 0 Å². The largest absolute Gasteiger partial charge is 0.465 e. The number of hydrogen-bond acceptors (Lipinski definition) is 5. The van der Waals surface area contributed by atoms with Gasteiger partial charge >= 0.3 is 18.4 Å². The van der Waals surface area contributed by atoms with Crippen molar-refractivity contribution in [1.29, 1.82) is 0 Å². The number of esters is 2. The van der Waals surface area contributed by atoms with E-state index in [-0.39, 0.29) is 19.5 Å². The van der Waals surface area contributed by atoms with Crippen LogP contribution in [-0.2, 0) is 23.9 Å². The van der Waals surface area contributed by atoms with E-state index >= 15 is 0 Å². The van der Waals surface area contributed by atoms with Crippen LogP contribution in [0.2, 0.25) is 0 Å². The molecule has 0 fully saturated rings. The molecular weight excluding hydrogens is 176 g/mol. The average molecular weight is 188 g/mol. The highest BCUT2D eigenvalue weighted by Gasteiger charge is 2.27. The summed E-state index contributed by atoms with van der Waals surface area (Å²) in [5.74, 6) is -2.52. The number of rotatable bonds is 5. The lowest BCUT2D eigenvalue weighted by Gasteiger charge is -2.09. The zero-order valence-corrected chi connectivity index (χ0v) is 7.61. The van der Waals surface area contributed by atoms with Crippen LogP contribution < -0.4 is 0 Å². The Morgan fingerprint density at radius 1 is 1.31 bits per heavy atom. The summed E-state index contributed by atoms with van der Waals surface area (Å²) < 4.78 is 8.65. The standard InChI is InChI=1S/C8H12O5/c1-3-6(7(10)12-4-2)8(11)13-5-9/h5-6H,3-4H2,1-2H3. The summed E-state index contributed by atoms with van der Waals surface area (Å²) in [5.41, 5.74) is 0. The maximum atomic E-state index is 11.1. The highest BCUT2D eigenvalue weighted by molar-refractivity contribution is 5.96. The highest BCUT2D eigenvalue weighted by Crippen LogP contribution is 2.07. The first-order chi connectivity index (χ1) is 6.17. The summed E-state index contributed by atoms with van der Waals surface area (Å²) in [6.07, 6.45) is 0.255. The Morgan fingerprint density at radius 2 is 1.92 bits per heavy atom. The molecule has 0 amide bonds. The van der Waals surface area contributed by atoms with E-state index in [4.69, 9.17) is 0 Å². The first-order valence-electron chi connectivity index (χ1n) is 3.98. The topological polar surface area (TPSA) is 69.7 Å². The quantitative estimate of drug-likeness (QED) is 0.352. The van der Waals surface area contributed by atoms with Crippen molar-refractivity contribution in [2.24, 2.45) is 5.92 Å². The van der Waals surface area contributed by atoms with Gasteiger partial charge in [0.25, 0.3) is 0 Å². The summed E-state index contributed by atoms with van der Waals surface area (Å²) >= 11 is 0. The van der Waals surface area contributed by atoms with Gasteiger partial charge in [-0.2, -0.15) is 0 Å². The molecule has 0 aromatic carbocycles. The lowest BCUT2D eigenvalue weighted by Crippen LogP contribution is -2.27. The minimum absolute atomic E-state index is 0.00419. The van der Waals surface area contributed by atoms with E-state index in [1.807, 2.05) is 0 Å². The Hall–Kier alpha value is -1.39. The molecule has 0 N–H and O–H groups in total. The van der Waals surface area contributed by atoms with E-state index in [1.165, 1.54) is 0 Å². The molecule has 0 aliphatic heterocycles. The van der Waals surface area contributed by atoms with Crippen molar-refractivity contribution in [3.05, 3.63) is 0 Å². The number of carbonyl (C=O) groups excluding carboxylic acids is 3. The lowest BCUT2D eigenvalue weighted by atomic mass is 10.1. The Labute approximate surface area is 76.0 Å². The number of carbonyl (C=O) groups is 3. The summed E-state index contributed by atoms with van der Waals surface area (Å²) in [5, 5.41) is 0. The molecule has 0 aromatic heterocycles. The van der Waals surface area contributed by atoms with Gasteiger partial charge in [0.1, 0.15) is 0 Å². The first kappa shape index (κ1) is 11.6. The maximum Gasteiger partial charge on any atom is 0.327 e. The SMILES string of the molecule is CCOC(=O)C(CC)C(=O)OC=O. The zero-order chi connectivity index (χ0) is 10.3. The fourth-order valence-corrected chi connectivity index (χ4v) is 0.802. The Morgan fingerprint density at radius 3 is 2.31 bits per heavy atom. The van der Waals surface area contributed by atoms with E-state index in [0.717, 1.165) is 0 Å². The van der Waals surface area contributed by atoms with Crippen LogP contribution in [0.5, 0.6) is 0 Å². The van der Waals surface area contributed by atoms with E-state index in [9.17, 15) is 14.4 Å². The van der Waals surface area contributed by atoms with Crippen molar-refractivity contribution in [3.63, 3.8) is 0 Å². The van der Waals surface area contributed by atoms with Crippen LogP contribution >= 0.6 is 0 Å². The van der Waals surface area contributed by atoms with Gasteiger partial charge in [-0.15, -0.1) is 0 Å². The molecule has 0 spiro atoms. The fraction of sp³-hybridized carbons (Fsp3) is 0.625. The molecule has 0 bridgehead atoms. The minimum atomic E-state index is -0.995. The predicted octanol–water partition coefficient (Wildman–Crippen LogP) is 0.275. The normalized spacial score (nSPS) is 11.5. The van der Waals surface area contributed by atoms with Crippen molar-refractivity contribution < 1.29 is 23.9 Å². The van der Waals surface area contributed by atoms with Gasteiger partial charge in [-0.25, -0.2) is 0 Å². The van der Waals surface area contributed by atoms with Crippen LogP contribution in [0.25, 0.3) is 0 Å². The minimum Gasteiger partial charge on any atom is -0.465 e. The van der Waals surface area contributed by atoms with Crippen LogP contribution in [0, 0.1) is 5.92 Å². The summed E-state index contributed by atoms with van der Waals surface area (Å²) in [6, 6.07) is 0. The van der Waals surface area contributed by atoms with E-state index in [1.54, 1.807) is 13.8 Å². The van der Waals surface area contributed by atoms with Crippen molar-refractivity contribution in [1.82, 2.24) is 0 Å². The molecule has 0 radical (unpaired) electrons. The molecule has 5 heteroatoms. The molecule has 0 rings (SSSR count). The molecule has 0 saturated heterocycles. The van der Waals surface area contributed by atoms with Gasteiger partial charge in [0.05, 0.1) is 6.61 Å². The smallest absolute Gasteiger partial charge is 0.327 e. The van der Waals surface area contributed by atoms with Crippen molar-refractivity contribution in [2.75, 3.05) is 6.61 Å². The Balaban J connectivity index is 4.22. The summed E-state index contributed by atoms with van der Waals surface area (Å²) in [4.78, 5) is 31.8. The van der Waals surface area contributed by atoms with Crippen molar-refractivity contribution in [2.45, 2.75) is 20.3 Å². The second-order valence-corrected chi connectivity index (χ2v) is 2.25. The van der Waals surface area contributed by atoms with E-state index in [0.29, 0.717) is 0 Å². The number of hydrogen-bond donors (Lipinski definition) is 0. The first-order valence-corrected chi connectivity index (χ1v) is 3.98. The third-order valence-electron chi connectivity index (χ3n) is 1.43. The third kappa shape index (κ3) is 3.68. The molecule has 0 aromatic rings. The summed E-state index contributed by atoms with van der Waals surface area (Å²) in [7, 11) is 0. The van der Waals surface area contributed by atoms with Gasteiger partial charge in [0, 0.05) is 0 Å². The number of ether oxygens (including phenoxy) is 2. The molecule has 1 atom stereocenters. The molecule has 13 heavy (non-hydrogen) atoms. The van der Waals surface area contributed by atoms with Crippen LogP contribution in [0.1, 0.15) is 20.3 Å². The third-order valence-corrected chi connectivity index (χ3v) is 1.43. The van der Waals surface area contributed by atoms with E-state index in [2.05, 4.69) is 9.47 Å². The maximum absolute atomic E-state index is 11.1. The molecule has 74 valence electrons. The van der Waals surface area contributed by atoms with Crippen LogP contribution in [-0.4, -0.2) is 25.0 Å². The molecule has 0 saturated carbocycles. The Bertz CT molecular complexity index is 199. The monoisotopic (exact) mass is 188 g/mol. The molecule has 5 nitrogen and oxygen atoms in total. The van der Waals surface area contributed by atoms with Crippen molar-refractivity contribution >= 4 is 18.4 Å². The highest BCUT2D eigenvalue weighted by atomic mass is 16.6. The molecular formula is C8H12O5. The second-order valence-electron chi connectivity index (χ2n) is 2.25. The second kappa shape index (κ2) is 6.16. The zero-order valence-electron chi connectivity index (χ0n) is 7.61. The fourth-order valence-electron chi connectivity index (χ4n) is 0.802.